The van der Waals surface area contributed by atoms with Gasteiger partial charge in [0.15, 0.2) is 0 Å². The molecule has 0 heterocycles. The Morgan fingerprint density at radius 2 is 1.52 bits per heavy atom. The molecule has 0 bridgehead atoms. The molecule has 0 aliphatic heterocycles. The van der Waals surface area contributed by atoms with Crippen LogP contribution in [0, 0.1) is 6.42 Å². The lowest BCUT2D eigenvalue weighted by Gasteiger charge is -2.19. The largest absolute Gasteiger partial charge is 0.497 e. The number of benzene rings is 2. The highest BCUT2D eigenvalue weighted by Crippen LogP contribution is 2.23. The Hall–Kier alpha value is -1.76. The third kappa shape index (κ3) is 4.63. The molecule has 2 aromatic carbocycles. The van der Waals surface area contributed by atoms with Crippen molar-refractivity contribution < 1.29 is 4.74 Å². The molecule has 0 aliphatic carbocycles. The number of hydrogen-bond donors (Lipinski definition) is 0. The summed E-state index contributed by atoms with van der Waals surface area (Å²) >= 11 is 0. The zero-order chi connectivity index (χ0) is 15.3. The van der Waals surface area contributed by atoms with Gasteiger partial charge in [0, 0.05) is 0 Å². The minimum Gasteiger partial charge on any atom is -0.497 e. The Bertz CT molecular complexity index is 544. The van der Waals surface area contributed by atoms with Gasteiger partial charge >= 0.3 is 0 Å². The zero-order valence-electron chi connectivity index (χ0n) is 13.5. The molecular weight excluding hydrogens is 256 g/mol. The molecule has 0 aromatic heterocycles. The second kappa shape index (κ2) is 6.80. The Labute approximate surface area is 129 Å². The lowest BCUT2D eigenvalue weighted by Crippen LogP contribution is -2.10. The quantitative estimate of drug-likeness (QED) is 0.734. The van der Waals surface area contributed by atoms with Crippen molar-refractivity contribution in [3.8, 4) is 5.75 Å². The Balaban J connectivity index is 1.85. The van der Waals surface area contributed by atoms with Crippen LogP contribution in [0.25, 0.3) is 0 Å². The fraction of sp³-hybridized carbons (Fsp3) is 0.350. The first-order valence-electron chi connectivity index (χ1n) is 7.56. The number of ether oxygens (including phenoxy) is 1. The van der Waals surface area contributed by atoms with Gasteiger partial charge in [0.2, 0.25) is 0 Å². The van der Waals surface area contributed by atoms with E-state index >= 15 is 0 Å². The minimum atomic E-state index is 0.224. The summed E-state index contributed by atoms with van der Waals surface area (Å²) in [4.78, 5) is 0. The molecule has 0 saturated heterocycles. The molecule has 2 rings (SSSR count). The van der Waals surface area contributed by atoms with E-state index in [9.17, 15) is 0 Å². The van der Waals surface area contributed by atoms with Gasteiger partial charge in [-0.1, -0.05) is 57.2 Å². The fourth-order valence-corrected chi connectivity index (χ4v) is 2.32. The maximum Gasteiger partial charge on any atom is 0.118 e. The number of aryl methyl sites for hydroxylation is 1. The fourth-order valence-electron chi connectivity index (χ4n) is 2.32. The predicted octanol–water partition coefficient (Wildman–Crippen LogP) is 5.18. The van der Waals surface area contributed by atoms with Crippen molar-refractivity contribution in [1.29, 1.82) is 0 Å². The number of methoxy groups -OCH3 is 1. The van der Waals surface area contributed by atoms with Crippen LogP contribution in [0.15, 0.2) is 48.5 Å². The van der Waals surface area contributed by atoms with Crippen LogP contribution < -0.4 is 4.74 Å². The molecule has 1 radical (unpaired) electrons. The normalized spacial score (nSPS) is 11.4. The second-order valence-corrected chi connectivity index (χ2v) is 6.46. The highest BCUT2D eigenvalue weighted by molar-refractivity contribution is 5.32. The molecule has 0 fully saturated rings. The minimum absolute atomic E-state index is 0.224. The summed E-state index contributed by atoms with van der Waals surface area (Å²) in [5.74, 6) is 0.917. The van der Waals surface area contributed by atoms with Gasteiger partial charge in [-0.05, 0) is 53.5 Å². The molecule has 0 N–H and O–H groups in total. The summed E-state index contributed by atoms with van der Waals surface area (Å²) in [5, 5.41) is 0. The van der Waals surface area contributed by atoms with Gasteiger partial charge in [0.1, 0.15) is 5.75 Å². The molecule has 111 valence electrons. The second-order valence-electron chi connectivity index (χ2n) is 6.46. The summed E-state index contributed by atoms with van der Waals surface area (Å²) in [6.45, 7) is 6.74. The smallest absolute Gasteiger partial charge is 0.118 e. The Morgan fingerprint density at radius 1 is 0.905 bits per heavy atom. The van der Waals surface area contributed by atoms with E-state index in [1.807, 2.05) is 12.1 Å². The molecule has 0 unspecified atom stereocenters. The highest BCUT2D eigenvalue weighted by Gasteiger charge is 2.12. The molecule has 0 atom stereocenters. The maximum absolute atomic E-state index is 5.17. The van der Waals surface area contributed by atoms with E-state index in [-0.39, 0.29) is 5.41 Å². The summed E-state index contributed by atoms with van der Waals surface area (Å²) < 4.78 is 5.17. The van der Waals surface area contributed by atoms with E-state index in [2.05, 4.69) is 63.6 Å². The van der Waals surface area contributed by atoms with Crippen molar-refractivity contribution in [2.45, 2.75) is 39.0 Å². The number of hydrogen-bond acceptors (Lipinski definition) is 1. The monoisotopic (exact) mass is 281 g/mol. The van der Waals surface area contributed by atoms with Crippen molar-refractivity contribution in [3.63, 3.8) is 0 Å². The first-order valence-corrected chi connectivity index (χ1v) is 7.56. The Morgan fingerprint density at radius 3 is 2.05 bits per heavy atom. The van der Waals surface area contributed by atoms with Crippen LogP contribution in [-0.4, -0.2) is 7.11 Å². The van der Waals surface area contributed by atoms with Crippen LogP contribution >= 0.6 is 0 Å². The highest BCUT2D eigenvalue weighted by atomic mass is 16.5. The molecule has 21 heavy (non-hydrogen) atoms. The van der Waals surface area contributed by atoms with Gasteiger partial charge in [-0.2, -0.15) is 0 Å². The molecular formula is C20H25O. The van der Waals surface area contributed by atoms with Crippen LogP contribution in [0.2, 0.25) is 0 Å². The third-order valence-corrected chi connectivity index (χ3v) is 3.75. The van der Waals surface area contributed by atoms with Crippen molar-refractivity contribution in [1.82, 2.24) is 0 Å². The topological polar surface area (TPSA) is 9.23 Å². The van der Waals surface area contributed by atoms with E-state index in [0.29, 0.717) is 0 Å². The van der Waals surface area contributed by atoms with E-state index in [1.54, 1.807) is 7.11 Å². The van der Waals surface area contributed by atoms with E-state index < -0.39 is 0 Å². The molecule has 0 saturated carbocycles. The molecule has 2 aromatic rings. The van der Waals surface area contributed by atoms with Crippen molar-refractivity contribution in [3.05, 3.63) is 71.6 Å². The van der Waals surface area contributed by atoms with E-state index in [0.717, 1.165) is 18.6 Å². The first kappa shape index (κ1) is 15.6. The van der Waals surface area contributed by atoms with Crippen molar-refractivity contribution in [2.24, 2.45) is 0 Å². The van der Waals surface area contributed by atoms with Crippen LogP contribution in [0.5, 0.6) is 5.75 Å². The molecule has 0 amide bonds. The molecule has 0 aliphatic rings. The van der Waals surface area contributed by atoms with Gasteiger partial charge in [-0.15, -0.1) is 0 Å². The van der Waals surface area contributed by atoms with Crippen molar-refractivity contribution in [2.75, 3.05) is 7.11 Å². The average molecular weight is 281 g/mol. The van der Waals surface area contributed by atoms with Crippen LogP contribution in [-0.2, 0) is 11.8 Å². The van der Waals surface area contributed by atoms with Gasteiger partial charge in [0.05, 0.1) is 7.11 Å². The van der Waals surface area contributed by atoms with Crippen LogP contribution in [0.4, 0.5) is 0 Å². The lowest BCUT2D eigenvalue weighted by atomic mass is 9.86. The van der Waals surface area contributed by atoms with Gasteiger partial charge in [-0.25, -0.2) is 0 Å². The summed E-state index contributed by atoms with van der Waals surface area (Å²) in [6, 6.07) is 17.2. The van der Waals surface area contributed by atoms with E-state index in [4.69, 9.17) is 4.74 Å². The third-order valence-electron chi connectivity index (χ3n) is 3.75. The summed E-state index contributed by atoms with van der Waals surface area (Å²) in [6.07, 6.45) is 4.42. The molecule has 1 heteroatoms. The molecule has 1 nitrogen and oxygen atoms in total. The average Bonchev–Trinajstić information content (AvgIpc) is 2.47. The molecule has 0 spiro atoms. The lowest BCUT2D eigenvalue weighted by molar-refractivity contribution is 0.414. The SMILES string of the molecule is COc1ccc(CC[CH]c2ccc(C(C)(C)C)cc2)cc1. The summed E-state index contributed by atoms with van der Waals surface area (Å²) in [7, 11) is 1.70. The van der Waals surface area contributed by atoms with Gasteiger partial charge < -0.3 is 4.74 Å². The number of rotatable bonds is 5. The standard InChI is InChI=1S/C20H25O/c1-20(2,3)18-12-8-16(9-13-18)6-5-7-17-10-14-19(21-4)15-11-17/h6,8-15H,5,7H2,1-4H3. The van der Waals surface area contributed by atoms with Crippen molar-refractivity contribution >= 4 is 0 Å². The van der Waals surface area contributed by atoms with Crippen LogP contribution in [0.3, 0.4) is 0 Å². The predicted molar refractivity (Wildman–Crippen MR) is 89.9 cm³/mol. The Kier molecular flexibility index (Phi) is 5.06. The van der Waals surface area contributed by atoms with Gasteiger partial charge in [-0.3, -0.25) is 0 Å². The van der Waals surface area contributed by atoms with Crippen LogP contribution in [0.1, 0.15) is 43.9 Å². The maximum atomic E-state index is 5.17. The zero-order valence-corrected chi connectivity index (χ0v) is 13.5. The first-order chi connectivity index (χ1) is 9.99. The van der Waals surface area contributed by atoms with E-state index in [1.165, 1.54) is 16.7 Å². The van der Waals surface area contributed by atoms with Gasteiger partial charge in [0.25, 0.3) is 0 Å². The summed E-state index contributed by atoms with van der Waals surface area (Å²) in [5.41, 5.74) is 4.26.